The van der Waals surface area contributed by atoms with Crippen LogP contribution in [0.3, 0.4) is 0 Å². The summed E-state index contributed by atoms with van der Waals surface area (Å²) in [7, 11) is 1.94. The van der Waals surface area contributed by atoms with Crippen molar-refractivity contribution in [1.82, 2.24) is 9.47 Å². The summed E-state index contributed by atoms with van der Waals surface area (Å²) in [5, 5.41) is 13.1. The number of carbonyl (C=O) groups excluding carboxylic acids is 1. The van der Waals surface area contributed by atoms with E-state index in [1.54, 1.807) is 0 Å². The van der Waals surface area contributed by atoms with Gasteiger partial charge in [0.15, 0.2) is 5.58 Å². The van der Waals surface area contributed by atoms with Crippen LogP contribution in [0.4, 0.5) is 30.2 Å². The summed E-state index contributed by atoms with van der Waals surface area (Å²) >= 11 is 0. The van der Waals surface area contributed by atoms with Crippen molar-refractivity contribution in [1.29, 1.82) is 0 Å². The lowest BCUT2D eigenvalue weighted by atomic mass is 10.1. The van der Waals surface area contributed by atoms with Gasteiger partial charge in [0.25, 0.3) is 5.69 Å². The number of hydrogen-bond donors (Lipinski definition) is 1. The van der Waals surface area contributed by atoms with Gasteiger partial charge in [0, 0.05) is 37.9 Å². The maximum Gasteiger partial charge on any atom is 0.420 e. The minimum absolute atomic E-state index is 0.104. The molecule has 0 bridgehead atoms. The smallest absolute Gasteiger partial charge is 0.407 e. The number of rotatable bonds is 5. The van der Waals surface area contributed by atoms with Crippen molar-refractivity contribution in [3.05, 3.63) is 62.6 Å². The third-order valence-electron chi connectivity index (χ3n) is 5.62. The van der Waals surface area contributed by atoms with E-state index in [0.29, 0.717) is 18.8 Å². The van der Waals surface area contributed by atoms with Crippen LogP contribution in [0.1, 0.15) is 5.56 Å². The van der Waals surface area contributed by atoms with Crippen LogP contribution in [-0.4, -0.2) is 53.5 Å². The summed E-state index contributed by atoms with van der Waals surface area (Å²) in [6.07, 6.45) is -4.72. The molecule has 0 atom stereocenters. The van der Waals surface area contributed by atoms with Crippen LogP contribution in [0, 0.1) is 10.1 Å². The highest BCUT2D eigenvalue weighted by atomic mass is 19.4. The van der Waals surface area contributed by atoms with Gasteiger partial charge in [0.05, 0.1) is 27.8 Å². The molecule has 0 saturated carbocycles. The molecule has 10 nitrogen and oxygen atoms in total. The number of nitro groups is 1. The Bertz CT molecular complexity index is 1310. The lowest BCUT2D eigenvalue weighted by Crippen LogP contribution is -2.44. The van der Waals surface area contributed by atoms with E-state index >= 15 is 0 Å². The Morgan fingerprint density at radius 3 is 2.50 bits per heavy atom. The van der Waals surface area contributed by atoms with E-state index in [0.717, 1.165) is 35.9 Å². The van der Waals surface area contributed by atoms with Gasteiger partial charge in [-0.1, -0.05) is 0 Å². The summed E-state index contributed by atoms with van der Waals surface area (Å²) in [6, 6.07) is 7.09. The van der Waals surface area contributed by atoms with E-state index in [1.165, 1.54) is 18.2 Å². The number of alkyl halides is 3. The highest BCUT2D eigenvalue weighted by Crippen LogP contribution is 2.37. The van der Waals surface area contributed by atoms with Gasteiger partial charge in [-0.2, -0.15) is 13.2 Å². The molecule has 1 fully saturated rings. The van der Waals surface area contributed by atoms with Gasteiger partial charge in [-0.05, 0) is 31.3 Å². The van der Waals surface area contributed by atoms with Gasteiger partial charge >= 0.3 is 11.9 Å². The Morgan fingerprint density at radius 1 is 1.15 bits per heavy atom. The number of non-ortho nitro benzene ring substituents is 1. The lowest BCUT2D eigenvalue weighted by Gasteiger charge is -2.34. The summed E-state index contributed by atoms with van der Waals surface area (Å²) in [5.41, 5.74) is -1.36. The number of halogens is 3. The molecule has 1 aliphatic rings. The Hall–Kier alpha value is -3.87. The molecule has 0 unspecified atom stereocenters. The first-order chi connectivity index (χ1) is 16.0. The molecule has 4 rings (SSSR count). The second kappa shape index (κ2) is 8.82. The van der Waals surface area contributed by atoms with Crippen LogP contribution in [0.25, 0.3) is 11.1 Å². The molecule has 13 heteroatoms. The van der Waals surface area contributed by atoms with E-state index in [9.17, 15) is 32.9 Å². The van der Waals surface area contributed by atoms with Crippen molar-refractivity contribution >= 4 is 34.1 Å². The molecule has 3 aromatic rings. The number of benzene rings is 2. The van der Waals surface area contributed by atoms with E-state index in [1.807, 2.05) is 11.9 Å². The first-order valence-electron chi connectivity index (χ1n) is 10.3. The maximum absolute atomic E-state index is 13.8. The first kappa shape index (κ1) is 23.3. The van der Waals surface area contributed by atoms with Gasteiger partial charge in [0.1, 0.15) is 6.54 Å². The number of likely N-dealkylation sites (N-methyl/N-ethyl adjacent to an activating group) is 1. The third kappa shape index (κ3) is 4.73. The quantitative estimate of drug-likeness (QED) is 0.442. The number of carbonyl (C=O) groups is 1. The fraction of sp³-hybridized carbons (Fsp3) is 0.333. The Labute approximate surface area is 190 Å². The Balaban J connectivity index is 1.57. The molecule has 1 N–H and O–H groups in total. The number of fused-ring (bicyclic) bond motifs is 1. The zero-order chi connectivity index (χ0) is 24.6. The number of hydrogen-bond acceptors (Lipinski definition) is 7. The van der Waals surface area contributed by atoms with Crippen molar-refractivity contribution in [3.8, 4) is 0 Å². The van der Waals surface area contributed by atoms with Gasteiger partial charge in [-0.3, -0.25) is 19.5 Å². The predicted octanol–water partition coefficient (Wildman–Crippen LogP) is 2.91. The number of nitrogens with one attached hydrogen (secondary N) is 1. The average Bonchev–Trinajstić information content (AvgIpc) is 3.08. The highest BCUT2D eigenvalue weighted by Gasteiger charge is 2.35. The van der Waals surface area contributed by atoms with Crippen LogP contribution in [0.2, 0.25) is 0 Å². The number of anilines is 2. The summed E-state index contributed by atoms with van der Waals surface area (Å²) < 4.78 is 47.1. The molecule has 2 aromatic carbocycles. The maximum atomic E-state index is 13.8. The summed E-state index contributed by atoms with van der Waals surface area (Å²) in [6.45, 7) is 1.95. The highest BCUT2D eigenvalue weighted by molar-refractivity contribution is 5.92. The number of amides is 1. The van der Waals surface area contributed by atoms with Crippen molar-refractivity contribution in [2.24, 2.45) is 0 Å². The molecule has 34 heavy (non-hydrogen) atoms. The minimum atomic E-state index is -4.72. The van der Waals surface area contributed by atoms with Gasteiger partial charge in [0.2, 0.25) is 5.91 Å². The minimum Gasteiger partial charge on any atom is -0.407 e. The zero-order valence-corrected chi connectivity index (χ0v) is 18.0. The van der Waals surface area contributed by atoms with E-state index < -0.39 is 40.6 Å². The first-order valence-corrected chi connectivity index (χ1v) is 10.3. The molecule has 1 amide bonds. The van der Waals surface area contributed by atoms with Crippen molar-refractivity contribution in [2.75, 3.05) is 43.4 Å². The average molecular weight is 479 g/mol. The topological polar surface area (TPSA) is 114 Å². The Morgan fingerprint density at radius 2 is 1.85 bits per heavy atom. The Kier molecular flexibility index (Phi) is 6.04. The molecule has 0 aliphatic carbocycles. The molecule has 1 aromatic heterocycles. The van der Waals surface area contributed by atoms with Crippen molar-refractivity contribution < 1.29 is 27.3 Å². The van der Waals surface area contributed by atoms with Crippen LogP contribution in [0.5, 0.6) is 0 Å². The van der Waals surface area contributed by atoms with Crippen LogP contribution < -0.4 is 16.0 Å². The van der Waals surface area contributed by atoms with Gasteiger partial charge < -0.3 is 19.5 Å². The van der Waals surface area contributed by atoms with E-state index in [2.05, 4.69) is 10.2 Å². The van der Waals surface area contributed by atoms with Crippen molar-refractivity contribution in [2.45, 2.75) is 12.7 Å². The fourth-order valence-electron chi connectivity index (χ4n) is 3.79. The second-order valence-corrected chi connectivity index (χ2v) is 7.93. The van der Waals surface area contributed by atoms with Crippen LogP contribution >= 0.6 is 0 Å². The molecule has 0 spiro atoms. The number of aromatic nitrogens is 1. The lowest BCUT2D eigenvalue weighted by molar-refractivity contribution is -0.384. The normalized spacial score (nSPS) is 15.0. The second-order valence-electron chi connectivity index (χ2n) is 7.93. The van der Waals surface area contributed by atoms with Crippen LogP contribution in [0.15, 0.2) is 45.6 Å². The van der Waals surface area contributed by atoms with Crippen LogP contribution in [-0.2, 0) is 17.5 Å². The van der Waals surface area contributed by atoms with E-state index in [4.69, 9.17) is 4.42 Å². The third-order valence-corrected chi connectivity index (χ3v) is 5.62. The monoisotopic (exact) mass is 479 g/mol. The van der Waals surface area contributed by atoms with Gasteiger partial charge in [-0.25, -0.2) is 4.79 Å². The number of oxazole rings is 1. The summed E-state index contributed by atoms with van der Waals surface area (Å²) in [4.78, 5) is 38.8. The SMILES string of the molecule is CN1CCN(c2ccc(NC(=O)Cn3c(=O)oc4cc([N+](=O)[O-])ccc43)c(C(F)(F)F)c2)CC1. The molecule has 1 saturated heterocycles. The summed E-state index contributed by atoms with van der Waals surface area (Å²) in [5.74, 6) is -1.85. The molecular weight excluding hydrogens is 459 g/mol. The predicted molar refractivity (Wildman–Crippen MR) is 117 cm³/mol. The molecule has 180 valence electrons. The van der Waals surface area contributed by atoms with E-state index in [-0.39, 0.29) is 16.8 Å². The standard InChI is InChI=1S/C21H20F3N5O5/c1-26-6-8-27(9-7-26)13-2-4-16(15(10-13)21(22,23)24)25-19(30)12-28-17-5-3-14(29(32)33)11-18(17)34-20(28)31/h2-5,10-11H,6-9,12H2,1H3,(H,25,30). The molecule has 0 radical (unpaired) electrons. The molecule has 2 heterocycles. The molecular formula is C21H20F3N5O5. The molecule has 1 aliphatic heterocycles. The fourth-order valence-corrected chi connectivity index (χ4v) is 3.79. The number of nitro benzene ring substituents is 1. The van der Waals surface area contributed by atoms with Crippen molar-refractivity contribution in [3.63, 3.8) is 0 Å². The largest absolute Gasteiger partial charge is 0.420 e. The van der Waals surface area contributed by atoms with Gasteiger partial charge in [-0.15, -0.1) is 0 Å². The number of nitrogens with zero attached hydrogens (tertiary/aromatic N) is 4. The number of piperazine rings is 1. The zero-order valence-electron chi connectivity index (χ0n) is 18.0.